The topological polar surface area (TPSA) is 108 Å². The summed E-state index contributed by atoms with van der Waals surface area (Å²) < 4.78 is 3.58. The predicted molar refractivity (Wildman–Crippen MR) is 115 cm³/mol. The first-order valence-corrected chi connectivity index (χ1v) is 11.2. The number of nitrogens with one attached hydrogen (secondary N) is 1. The monoisotopic (exact) mass is 446 g/mol. The lowest BCUT2D eigenvalue weighted by Gasteiger charge is -2.61. The summed E-state index contributed by atoms with van der Waals surface area (Å²) in [5, 5.41) is 23.1. The van der Waals surface area contributed by atoms with Crippen LogP contribution in [0.5, 0.6) is 0 Å². The summed E-state index contributed by atoms with van der Waals surface area (Å²) in [6.45, 7) is 3.74. The summed E-state index contributed by atoms with van der Waals surface area (Å²) in [6.07, 6.45) is 8.07. The van der Waals surface area contributed by atoms with Crippen molar-refractivity contribution < 1.29 is 9.72 Å². The van der Waals surface area contributed by atoms with Gasteiger partial charge in [0.25, 0.3) is 0 Å². The Morgan fingerprint density at radius 3 is 2.52 bits per heavy atom. The van der Waals surface area contributed by atoms with Gasteiger partial charge in [-0.3, -0.25) is 9.48 Å². The fourth-order valence-electron chi connectivity index (χ4n) is 7.06. The zero-order valence-electron chi connectivity index (χ0n) is 18.0. The molecule has 4 saturated carbocycles. The Balaban J connectivity index is 1.44. The predicted octanol–water partition coefficient (Wildman–Crippen LogP) is 4.12. The molecule has 0 aliphatic heterocycles. The van der Waals surface area contributed by atoms with Gasteiger partial charge >= 0.3 is 5.82 Å². The Morgan fingerprint density at radius 2 is 1.97 bits per heavy atom. The van der Waals surface area contributed by atoms with Crippen LogP contribution in [0, 0.1) is 41.2 Å². The molecule has 166 valence electrons. The van der Waals surface area contributed by atoms with Gasteiger partial charge in [-0.2, -0.15) is 9.78 Å². The van der Waals surface area contributed by atoms with Crippen LogP contribution in [-0.4, -0.2) is 30.4 Å². The molecular weight excluding hydrogens is 420 g/mol. The summed E-state index contributed by atoms with van der Waals surface area (Å²) in [6, 6.07) is 0. The number of halogens is 1. The van der Waals surface area contributed by atoms with Gasteiger partial charge in [-0.05, 0) is 74.5 Å². The number of nitro groups is 1. The minimum Gasteiger partial charge on any atom is -0.358 e. The third kappa shape index (κ3) is 3.16. The van der Waals surface area contributed by atoms with Gasteiger partial charge in [0, 0.05) is 13.5 Å². The van der Waals surface area contributed by atoms with Gasteiger partial charge in [0.1, 0.15) is 0 Å². The van der Waals surface area contributed by atoms with Crippen LogP contribution in [0.25, 0.3) is 0 Å². The molecule has 4 aliphatic carbocycles. The molecule has 0 aromatic carbocycles. The molecule has 2 atom stereocenters. The standard InChI is InChI=1S/C21H27ClN6O3/c1-12-16(10-23-26(12)3)24-17(29)9-20-5-14-4-15(6-20)8-21(7-14,11-20)27-13(2)18(22)19(25-27)28(30)31/h10,14-15H,4-9,11H2,1-3H3,(H,24,29). The number of aryl methyl sites for hydroxylation is 1. The van der Waals surface area contributed by atoms with Crippen molar-refractivity contribution in [2.24, 2.45) is 24.3 Å². The Bertz CT molecular complexity index is 1080. The van der Waals surface area contributed by atoms with E-state index in [0.29, 0.717) is 24.0 Å². The van der Waals surface area contributed by atoms with Crippen molar-refractivity contribution in [1.82, 2.24) is 19.6 Å². The molecule has 4 aliphatic rings. The maximum absolute atomic E-state index is 13.0. The first kappa shape index (κ1) is 20.5. The van der Waals surface area contributed by atoms with Crippen molar-refractivity contribution >= 4 is 29.0 Å². The van der Waals surface area contributed by atoms with Crippen LogP contribution in [0.15, 0.2) is 6.20 Å². The highest BCUT2D eigenvalue weighted by Gasteiger charge is 2.60. The maximum Gasteiger partial charge on any atom is 0.408 e. The van der Waals surface area contributed by atoms with E-state index in [2.05, 4.69) is 15.5 Å². The van der Waals surface area contributed by atoms with E-state index in [1.807, 2.05) is 25.6 Å². The molecule has 31 heavy (non-hydrogen) atoms. The molecule has 0 spiro atoms. The lowest BCUT2D eigenvalue weighted by molar-refractivity contribution is -0.389. The highest BCUT2D eigenvalue weighted by Crippen LogP contribution is 2.65. The lowest BCUT2D eigenvalue weighted by Crippen LogP contribution is -2.57. The second kappa shape index (κ2) is 6.79. The lowest BCUT2D eigenvalue weighted by atomic mass is 9.46. The molecule has 9 nitrogen and oxygen atoms in total. The van der Waals surface area contributed by atoms with Crippen molar-refractivity contribution in [3.05, 3.63) is 32.7 Å². The van der Waals surface area contributed by atoms with Crippen LogP contribution >= 0.6 is 11.6 Å². The molecule has 2 heterocycles. The van der Waals surface area contributed by atoms with E-state index < -0.39 is 4.92 Å². The van der Waals surface area contributed by atoms with Crippen molar-refractivity contribution in [2.45, 2.75) is 64.3 Å². The van der Waals surface area contributed by atoms with Gasteiger partial charge in [-0.15, -0.1) is 0 Å². The molecule has 2 aromatic heterocycles. The minimum absolute atomic E-state index is 0.00870. The number of nitrogens with zero attached hydrogens (tertiary/aromatic N) is 5. The van der Waals surface area contributed by atoms with Crippen LogP contribution in [0.4, 0.5) is 11.5 Å². The minimum atomic E-state index is -0.508. The zero-order chi connectivity index (χ0) is 22.1. The summed E-state index contributed by atoms with van der Waals surface area (Å²) >= 11 is 6.28. The quantitative estimate of drug-likeness (QED) is 0.549. The number of anilines is 1. The molecule has 1 N–H and O–H groups in total. The van der Waals surface area contributed by atoms with Gasteiger partial charge in [-0.1, -0.05) is 11.6 Å². The van der Waals surface area contributed by atoms with Crippen LogP contribution in [-0.2, 0) is 17.4 Å². The smallest absolute Gasteiger partial charge is 0.358 e. The Hall–Kier alpha value is -2.42. The number of aromatic nitrogens is 4. The average molecular weight is 447 g/mol. The van der Waals surface area contributed by atoms with E-state index in [1.165, 1.54) is 6.42 Å². The highest BCUT2D eigenvalue weighted by atomic mass is 35.5. The molecule has 2 unspecified atom stereocenters. The SMILES string of the molecule is Cc1c(NC(=O)CC23CC4CC(C2)CC(n2nc([N+](=O)[O-])c(Cl)c2C)(C4)C3)cnn1C. The Kier molecular flexibility index (Phi) is 4.48. The molecule has 10 heteroatoms. The second-order valence-electron chi connectivity index (χ2n) is 10.1. The first-order chi connectivity index (χ1) is 14.6. The largest absolute Gasteiger partial charge is 0.408 e. The van der Waals surface area contributed by atoms with E-state index in [9.17, 15) is 14.9 Å². The fraction of sp³-hybridized carbons (Fsp3) is 0.667. The van der Waals surface area contributed by atoms with Crippen molar-refractivity contribution in [3.63, 3.8) is 0 Å². The first-order valence-electron chi connectivity index (χ1n) is 10.8. The maximum atomic E-state index is 13.0. The van der Waals surface area contributed by atoms with Crippen LogP contribution in [0.3, 0.4) is 0 Å². The molecule has 0 radical (unpaired) electrons. The normalized spacial score (nSPS) is 31.2. The third-order valence-electron chi connectivity index (χ3n) is 7.84. The molecule has 2 aromatic rings. The van der Waals surface area contributed by atoms with Gasteiger partial charge in [0.2, 0.25) is 5.91 Å². The van der Waals surface area contributed by atoms with E-state index in [0.717, 1.165) is 43.5 Å². The van der Waals surface area contributed by atoms with Crippen LogP contribution < -0.4 is 5.32 Å². The summed E-state index contributed by atoms with van der Waals surface area (Å²) in [5.41, 5.74) is 1.92. The zero-order valence-corrected chi connectivity index (χ0v) is 18.8. The van der Waals surface area contributed by atoms with Crippen LogP contribution in [0.1, 0.15) is 56.3 Å². The van der Waals surface area contributed by atoms with E-state index in [1.54, 1.807) is 10.9 Å². The summed E-state index contributed by atoms with van der Waals surface area (Å²) in [4.78, 5) is 23.9. The average Bonchev–Trinajstić information content (AvgIpc) is 3.14. The van der Waals surface area contributed by atoms with Gasteiger partial charge in [0.05, 0.1) is 33.9 Å². The number of hydrogen-bond donors (Lipinski definition) is 1. The summed E-state index contributed by atoms with van der Waals surface area (Å²) in [5.74, 6) is 0.759. The summed E-state index contributed by atoms with van der Waals surface area (Å²) in [7, 11) is 1.85. The fourth-order valence-corrected chi connectivity index (χ4v) is 7.25. The molecule has 1 amide bonds. The number of amides is 1. The molecule has 4 bridgehead atoms. The van der Waals surface area contributed by atoms with Gasteiger partial charge in [0.15, 0.2) is 5.02 Å². The number of rotatable bonds is 5. The van der Waals surface area contributed by atoms with E-state index in [4.69, 9.17) is 11.6 Å². The van der Waals surface area contributed by atoms with Crippen molar-refractivity contribution in [3.8, 4) is 0 Å². The second-order valence-corrected chi connectivity index (χ2v) is 10.4. The highest BCUT2D eigenvalue weighted by molar-refractivity contribution is 6.33. The third-order valence-corrected chi connectivity index (χ3v) is 8.29. The van der Waals surface area contributed by atoms with Crippen LogP contribution in [0.2, 0.25) is 5.02 Å². The number of carbonyl (C=O) groups is 1. The molecule has 4 fully saturated rings. The number of hydrogen-bond acceptors (Lipinski definition) is 5. The van der Waals surface area contributed by atoms with E-state index >= 15 is 0 Å². The Labute approximate surface area is 185 Å². The molecule has 6 rings (SSSR count). The van der Waals surface area contributed by atoms with Gasteiger partial charge in [-0.25, -0.2) is 0 Å². The number of carbonyl (C=O) groups excluding carboxylic acids is 1. The van der Waals surface area contributed by atoms with Crippen molar-refractivity contribution in [1.29, 1.82) is 0 Å². The van der Waals surface area contributed by atoms with Crippen molar-refractivity contribution in [2.75, 3.05) is 5.32 Å². The molecular formula is C21H27ClN6O3. The van der Waals surface area contributed by atoms with E-state index in [-0.39, 0.29) is 27.7 Å². The molecule has 0 saturated heterocycles. The Morgan fingerprint density at radius 1 is 1.29 bits per heavy atom. The van der Waals surface area contributed by atoms with Gasteiger partial charge < -0.3 is 15.4 Å².